The lowest BCUT2D eigenvalue weighted by Gasteiger charge is -2.23. The highest BCUT2D eigenvalue weighted by molar-refractivity contribution is 6.30. The Kier molecular flexibility index (Phi) is 4.91. The third-order valence-electron chi connectivity index (χ3n) is 3.91. The zero-order valence-corrected chi connectivity index (χ0v) is 12.8. The summed E-state index contributed by atoms with van der Waals surface area (Å²) in [7, 11) is 0. The van der Waals surface area contributed by atoms with Crippen molar-refractivity contribution in [3.8, 4) is 11.1 Å². The predicted molar refractivity (Wildman–Crippen MR) is 87.6 cm³/mol. The van der Waals surface area contributed by atoms with Gasteiger partial charge in [0.1, 0.15) is 0 Å². The lowest BCUT2D eigenvalue weighted by Crippen LogP contribution is -2.32. The SMILES string of the molecule is Clc1cccc(-c2ccccc2COC2CCNCC2)c1. The summed E-state index contributed by atoms with van der Waals surface area (Å²) in [4.78, 5) is 0. The molecule has 1 saturated heterocycles. The Bertz CT molecular complexity index is 593. The third kappa shape index (κ3) is 3.85. The van der Waals surface area contributed by atoms with Gasteiger partial charge in [-0.25, -0.2) is 0 Å². The number of nitrogens with one attached hydrogen (secondary N) is 1. The van der Waals surface area contributed by atoms with Gasteiger partial charge in [0.25, 0.3) is 0 Å². The lowest BCUT2D eigenvalue weighted by molar-refractivity contribution is 0.0214. The molecule has 0 spiro atoms. The maximum Gasteiger partial charge on any atom is 0.0726 e. The predicted octanol–water partition coefficient (Wildman–Crippen LogP) is 4.28. The standard InChI is InChI=1S/C18H20ClNO/c19-16-6-3-5-14(12-16)18-7-2-1-4-15(18)13-21-17-8-10-20-11-9-17/h1-7,12,17,20H,8-11,13H2. The fraction of sp³-hybridized carbons (Fsp3) is 0.333. The summed E-state index contributed by atoms with van der Waals surface area (Å²) in [6.45, 7) is 2.77. The Morgan fingerprint density at radius 2 is 1.86 bits per heavy atom. The number of benzene rings is 2. The molecule has 0 bridgehead atoms. The average molecular weight is 302 g/mol. The molecule has 1 fully saturated rings. The zero-order valence-electron chi connectivity index (χ0n) is 12.0. The Hall–Kier alpha value is -1.35. The van der Waals surface area contributed by atoms with E-state index in [-0.39, 0.29) is 0 Å². The van der Waals surface area contributed by atoms with Crippen molar-refractivity contribution >= 4 is 11.6 Å². The summed E-state index contributed by atoms with van der Waals surface area (Å²) in [5.41, 5.74) is 3.57. The van der Waals surface area contributed by atoms with Crippen LogP contribution in [-0.2, 0) is 11.3 Å². The van der Waals surface area contributed by atoms with Crippen molar-refractivity contribution in [2.45, 2.75) is 25.6 Å². The lowest BCUT2D eigenvalue weighted by atomic mass is 10.00. The van der Waals surface area contributed by atoms with Gasteiger partial charge in [-0.2, -0.15) is 0 Å². The molecule has 3 rings (SSSR count). The van der Waals surface area contributed by atoms with Crippen LogP contribution < -0.4 is 5.32 Å². The van der Waals surface area contributed by atoms with Crippen LogP contribution in [0.5, 0.6) is 0 Å². The van der Waals surface area contributed by atoms with E-state index in [9.17, 15) is 0 Å². The Morgan fingerprint density at radius 3 is 2.67 bits per heavy atom. The highest BCUT2D eigenvalue weighted by Crippen LogP contribution is 2.27. The summed E-state index contributed by atoms with van der Waals surface area (Å²) >= 11 is 6.11. The molecule has 1 aliphatic heterocycles. The van der Waals surface area contributed by atoms with Crippen molar-refractivity contribution < 1.29 is 4.74 Å². The topological polar surface area (TPSA) is 21.3 Å². The normalized spacial score (nSPS) is 16.0. The molecule has 1 heterocycles. The van der Waals surface area contributed by atoms with Crippen LogP contribution in [0.25, 0.3) is 11.1 Å². The number of halogens is 1. The highest BCUT2D eigenvalue weighted by Gasteiger charge is 2.14. The van der Waals surface area contributed by atoms with Crippen molar-refractivity contribution in [1.29, 1.82) is 0 Å². The molecule has 2 nitrogen and oxygen atoms in total. The van der Waals surface area contributed by atoms with Crippen LogP contribution in [0, 0.1) is 0 Å². The third-order valence-corrected chi connectivity index (χ3v) is 4.15. The van der Waals surface area contributed by atoms with Crippen molar-refractivity contribution in [1.82, 2.24) is 5.32 Å². The molecule has 3 heteroatoms. The highest BCUT2D eigenvalue weighted by atomic mass is 35.5. The van der Waals surface area contributed by atoms with Gasteiger partial charge in [-0.15, -0.1) is 0 Å². The van der Waals surface area contributed by atoms with Crippen LogP contribution in [0.3, 0.4) is 0 Å². The Balaban J connectivity index is 1.76. The number of hydrogen-bond donors (Lipinski definition) is 1. The summed E-state index contributed by atoms with van der Waals surface area (Å²) in [6.07, 6.45) is 2.57. The van der Waals surface area contributed by atoms with E-state index in [0.29, 0.717) is 12.7 Å². The van der Waals surface area contributed by atoms with Crippen LogP contribution >= 0.6 is 11.6 Å². The fourth-order valence-corrected chi connectivity index (χ4v) is 2.94. The van der Waals surface area contributed by atoms with Gasteiger partial charge in [0.05, 0.1) is 12.7 Å². The maximum absolute atomic E-state index is 6.11. The number of rotatable bonds is 4. The quantitative estimate of drug-likeness (QED) is 0.910. The van der Waals surface area contributed by atoms with Gasteiger partial charge >= 0.3 is 0 Å². The van der Waals surface area contributed by atoms with Crippen molar-refractivity contribution in [2.24, 2.45) is 0 Å². The van der Waals surface area contributed by atoms with E-state index >= 15 is 0 Å². The van der Waals surface area contributed by atoms with Gasteiger partial charge in [0.15, 0.2) is 0 Å². The van der Waals surface area contributed by atoms with Crippen LogP contribution in [-0.4, -0.2) is 19.2 Å². The Morgan fingerprint density at radius 1 is 1.05 bits per heavy atom. The molecule has 21 heavy (non-hydrogen) atoms. The van der Waals surface area contributed by atoms with Gasteiger partial charge < -0.3 is 10.1 Å². The second-order valence-corrected chi connectivity index (χ2v) is 5.86. The van der Waals surface area contributed by atoms with Gasteiger partial charge in [-0.05, 0) is 54.8 Å². The van der Waals surface area contributed by atoms with E-state index in [1.807, 2.05) is 18.2 Å². The van der Waals surface area contributed by atoms with Crippen LogP contribution in [0.1, 0.15) is 18.4 Å². The van der Waals surface area contributed by atoms with E-state index in [4.69, 9.17) is 16.3 Å². The van der Waals surface area contributed by atoms with E-state index < -0.39 is 0 Å². The Labute approximate surface area is 131 Å². The molecule has 0 saturated carbocycles. The molecule has 0 radical (unpaired) electrons. The van der Waals surface area contributed by atoms with E-state index in [1.54, 1.807) is 0 Å². The smallest absolute Gasteiger partial charge is 0.0726 e. The maximum atomic E-state index is 6.11. The first-order valence-corrected chi connectivity index (χ1v) is 7.87. The minimum absolute atomic E-state index is 0.374. The summed E-state index contributed by atoms with van der Waals surface area (Å²) < 4.78 is 6.09. The van der Waals surface area contributed by atoms with Gasteiger partial charge in [0.2, 0.25) is 0 Å². The summed E-state index contributed by atoms with van der Waals surface area (Å²) in [6, 6.07) is 16.4. The first kappa shape index (κ1) is 14.6. The van der Waals surface area contributed by atoms with Crippen molar-refractivity contribution in [3.63, 3.8) is 0 Å². The minimum atomic E-state index is 0.374. The first-order chi connectivity index (χ1) is 10.3. The molecule has 0 amide bonds. The minimum Gasteiger partial charge on any atom is -0.373 e. The monoisotopic (exact) mass is 301 g/mol. The van der Waals surface area contributed by atoms with Crippen LogP contribution in [0.2, 0.25) is 5.02 Å². The van der Waals surface area contributed by atoms with E-state index in [0.717, 1.165) is 36.5 Å². The molecular formula is C18H20ClNO. The molecule has 2 aromatic rings. The molecule has 0 aromatic heterocycles. The number of hydrogen-bond acceptors (Lipinski definition) is 2. The second kappa shape index (κ2) is 7.08. The summed E-state index contributed by atoms with van der Waals surface area (Å²) in [5.74, 6) is 0. The molecule has 110 valence electrons. The second-order valence-electron chi connectivity index (χ2n) is 5.43. The number of ether oxygens (including phenoxy) is 1. The molecule has 0 atom stereocenters. The van der Waals surface area contributed by atoms with Crippen LogP contribution in [0.15, 0.2) is 48.5 Å². The number of piperidine rings is 1. The molecule has 1 aliphatic rings. The van der Waals surface area contributed by atoms with Gasteiger partial charge in [0, 0.05) is 5.02 Å². The van der Waals surface area contributed by atoms with Crippen molar-refractivity contribution in [2.75, 3.05) is 13.1 Å². The molecule has 1 N–H and O–H groups in total. The van der Waals surface area contributed by atoms with Gasteiger partial charge in [-0.1, -0.05) is 48.0 Å². The molecule has 0 aliphatic carbocycles. The van der Waals surface area contributed by atoms with Crippen LogP contribution in [0.4, 0.5) is 0 Å². The zero-order chi connectivity index (χ0) is 14.5. The molecular weight excluding hydrogens is 282 g/mol. The average Bonchev–Trinajstić information content (AvgIpc) is 2.54. The molecule has 2 aromatic carbocycles. The largest absolute Gasteiger partial charge is 0.373 e. The first-order valence-electron chi connectivity index (χ1n) is 7.49. The summed E-state index contributed by atoms with van der Waals surface area (Å²) in [5, 5.41) is 4.13. The fourth-order valence-electron chi connectivity index (χ4n) is 2.75. The van der Waals surface area contributed by atoms with E-state index in [2.05, 4.69) is 35.6 Å². The van der Waals surface area contributed by atoms with E-state index in [1.165, 1.54) is 11.1 Å². The molecule has 0 unspecified atom stereocenters. The van der Waals surface area contributed by atoms with Gasteiger partial charge in [-0.3, -0.25) is 0 Å². The van der Waals surface area contributed by atoms with Crippen molar-refractivity contribution in [3.05, 3.63) is 59.1 Å².